The van der Waals surface area contributed by atoms with Gasteiger partial charge in [0.15, 0.2) is 5.13 Å². The molecule has 2 amide bonds. The van der Waals surface area contributed by atoms with E-state index in [4.69, 9.17) is 16.3 Å². The second kappa shape index (κ2) is 8.66. The highest BCUT2D eigenvalue weighted by Crippen LogP contribution is 2.18. The number of benzene rings is 2. The Balaban J connectivity index is 1.58. The second-order valence-electron chi connectivity index (χ2n) is 5.53. The Morgan fingerprint density at radius 1 is 1.15 bits per heavy atom. The Kier molecular flexibility index (Phi) is 6.05. The van der Waals surface area contributed by atoms with Gasteiger partial charge in [0.05, 0.1) is 7.11 Å². The van der Waals surface area contributed by atoms with Crippen molar-refractivity contribution in [3.63, 3.8) is 0 Å². The van der Waals surface area contributed by atoms with E-state index in [-0.39, 0.29) is 17.5 Å². The van der Waals surface area contributed by atoms with E-state index >= 15 is 0 Å². The first-order valence-corrected chi connectivity index (χ1v) is 9.24. The summed E-state index contributed by atoms with van der Waals surface area (Å²) >= 11 is 6.99. The monoisotopic (exact) mass is 401 g/mol. The number of hydrogen-bond donors (Lipinski definition) is 2. The second-order valence-corrected chi connectivity index (χ2v) is 6.83. The molecule has 1 heterocycles. The molecule has 2 N–H and O–H groups in total. The topological polar surface area (TPSA) is 80.3 Å². The van der Waals surface area contributed by atoms with Gasteiger partial charge in [-0.3, -0.25) is 14.9 Å². The summed E-state index contributed by atoms with van der Waals surface area (Å²) in [4.78, 5) is 28.6. The molecule has 0 aliphatic carbocycles. The average Bonchev–Trinajstić information content (AvgIpc) is 3.15. The van der Waals surface area contributed by atoms with Crippen LogP contribution in [-0.2, 0) is 6.54 Å². The number of nitrogens with one attached hydrogen (secondary N) is 2. The summed E-state index contributed by atoms with van der Waals surface area (Å²) in [5, 5.41) is 7.96. The lowest BCUT2D eigenvalue weighted by molar-refractivity contribution is 0.0945. The third-order valence-corrected chi connectivity index (χ3v) is 4.66. The number of thiazole rings is 1. The van der Waals surface area contributed by atoms with Crippen LogP contribution in [0.5, 0.6) is 5.75 Å². The van der Waals surface area contributed by atoms with Crippen LogP contribution in [0.3, 0.4) is 0 Å². The van der Waals surface area contributed by atoms with Crippen LogP contribution in [-0.4, -0.2) is 23.9 Å². The molecule has 0 unspecified atom stereocenters. The predicted molar refractivity (Wildman–Crippen MR) is 106 cm³/mol. The third kappa shape index (κ3) is 5.06. The highest BCUT2D eigenvalue weighted by atomic mass is 35.5. The molecule has 0 fully saturated rings. The molecule has 0 saturated heterocycles. The smallest absolute Gasteiger partial charge is 0.271 e. The summed E-state index contributed by atoms with van der Waals surface area (Å²) in [6.45, 7) is 0.347. The normalized spacial score (nSPS) is 10.3. The maximum absolute atomic E-state index is 12.3. The number of carbonyl (C=O) groups excluding carboxylic acids is 2. The first-order chi connectivity index (χ1) is 13.0. The average molecular weight is 402 g/mol. The van der Waals surface area contributed by atoms with Crippen LogP contribution in [0.15, 0.2) is 53.9 Å². The Morgan fingerprint density at radius 3 is 2.67 bits per heavy atom. The number of hydrogen-bond acceptors (Lipinski definition) is 5. The molecule has 0 spiro atoms. The third-order valence-electron chi connectivity index (χ3n) is 3.65. The van der Waals surface area contributed by atoms with E-state index in [1.807, 2.05) is 24.3 Å². The predicted octanol–water partition coefficient (Wildman–Crippen LogP) is 3.99. The van der Waals surface area contributed by atoms with Gasteiger partial charge in [-0.25, -0.2) is 4.98 Å². The van der Waals surface area contributed by atoms with Crippen molar-refractivity contribution in [3.8, 4) is 5.75 Å². The van der Waals surface area contributed by atoms with Crippen molar-refractivity contribution in [2.24, 2.45) is 0 Å². The lowest BCUT2D eigenvalue weighted by Gasteiger charge is -2.05. The minimum absolute atomic E-state index is 0.245. The minimum Gasteiger partial charge on any atom is -0.497 e. The minimum atomic E-state index is -0.318. The zero-order valence-electron chi connectivity index (χ0n) is 14.4. The van der Waals surface area contributed by atoms with Gasteiger partial charge in [0.2, 0.25) is 0 Å². The van der Waals surface area contributed by atoms with Gasteiger partial charge in [-0.15, -0.1) is 11.3 Å². The number of amides is 2. The Morgan fingerprint density at radius 2 is 1.93 bits per heavy atom. The van der Waals surface area contributed by atoms with Crippen LogP contribution in [0, 0.1) is 0 Å². The van der Waals surface area contributed by atoms with Crippen molar-refractivity contribution in [1.82, 2.24) is 10.3 Å². The van der Waals surface area contributed by atoms with E-state index in [2.05, 4.69) is 15.6 Å². The fraction of sp³-hybridized carbons (Fsp3) is 0.105. The lowest BCUT2D eigenvalue weighted by atomic mass is 10.2. The van der Waals surface area contributed by atoms with Gasteiger partial charge >= 0.3 is 0 Å². The van der Waals surface area contributed by atoms with E-state index in [0.717, 1.165) is 11.3 Å². The number of carbonyl (C=O) groups is 2. The maximum Gasteiger partial charge on any atom is 0.271 e. The van der Waals surface area contributed by atoms with Crippen LogP contribution >= 0.6 is 22.9 Å². The molecule has 3 aromatic rings. The standard InChI is InChI=1S/C19H16ClN3O3S/c1-26-15-4-2-3-12(9-15)10-21-18(25)16-11-27-19(22-16)23-17(24)13-5-7-14(20)8-6-13/h2-9,11H,10H2,1H3,(H,21,25)(H,22,23,24). The summed E-state index contributed by atoms with van der Waals surface area (Å²) in [5.41, 5.74) is 1.61. The SMILES string of the molecule is COc1cccc(CNC(=O)c2csc(NC(=O)c3ccc(Cl)cc3)n2)c1. The zero-order valence-corrected chi connectivity index (χ0v) is 15.9. The maximum atomic E-state index is 12.3. The van der Waals surface area contributed by atoms with Crippen LogP contribution in [0.25, 0.3) is 0 Å². The number of halogens is 1. The van der Waals surface area contributed by atoms with Crippen LogP contribution in [0.4, 0.5) is 5.13 Å². The molecule has 2 aromatic carbocycles. The molecule has 3 rings (SSSR count). The number of aromatic nitrogens is 1. The van der Waals surface area contributed by atoms with Crippen molar-refractivity contribution in [1.29, 1.82) is 0 Å². The fourth-order valence-corrected chi connectivity index (χ4v) is 3.07. The molecule has 0 bridgehead atoms. The van der Waals surface area contributed by atoms with Crippen molar-refractivity contribution in [2.45, 2.75) is 6.54 Å². The van der Waals surface area contributed by atoms with Crippen LogP contribution < -0.4 is 15.4 Å². The molecular weight excluding hydrogens is 386 g/mol. The van der Waals surface area contributed by atoms with Gasteiger partial charge in [-0.2, -0.15) is 0 Å². The van der Waals surface area contributed by atoms with Gasteiger partial charge in [-0.05, 0) is 42.0 Å². The number of nitrogens with zero attached hydrogens (tertiary/aromatic N) is 1. The van der Waals surface area contributed by atoms with E-state index < -0.39 is 0 Å². The highest BCUT2D eigenvalue weighted by Gasteiger charge is 2.13. The molecule has 138 valence electrons. The number of rotatable bonds is 6. The van der Waals surface area contributed by atoms with E-state index in [0.29, 0.717) is 22.3 Å². The molecule has 6 nitrogen and oxygen atoms in total. The quantitative estimate of drug-likeness (QED) is 0.654. The van der Waals surface area contributed by atoms with Gasteiger partial charge in [0, 0.05) is 22.5 Å². The first kappa shape index (κ1) is 18.9. The summed E-state index contributed by atoms with van der Waals surface area (Å²) in [7, 11) is 1.59. The van der Waals surface area contributed by atoms with Gasteiger partial charge in [-0.1, -0.05) is 23.7 Å². The van der Waals surface area contributed by atoms with Crippen LogP contribution in [0.1, 0.15) is 26.4 Å². The molecule has 0 radical (unpaired) electrons. The van der Waals surface area contributed by atoms with Crippen LogP contribution in [0.2, 0.25) is 5.02 Å². The summed E-state index contributed by atoms with van der Waals surface area (Å²) < 4.78 is 5.16. The van der Waals surface area contributed by atoms with Crippen molar-refractivity contribution in [2.75, 3.05) is 12.4 Å². The largest absolute Gasteiger partial charge is 0.497 e. The van der Waals surface area contributed by atoms with Gasteiger partial charge < -0.3 is 10.1 Å². The molecule has 8 heteroatoms. The Hall–Kier alpha value is -2.90. The number of anilines is 1. The van der Waals surface area contributed by atoms with Gasteiger partial charge in [0.25, 0.3) is 11.8 Å². The molecule has 0 saturated carbocycles. The van der Waals surface area contributed by atoms with Crippen molar-refractivity contribution >= 4 is 39.9 Å². The number of methoxy groups -OCH3 is 1. The van der Waals surface area contributed by atoms with Gasteiger partial charge in [0.1, 0.15) is 11.4 Å². The number of ether oxygens (including phenoxy) is 1. The Labute approximate surface area is 165 Å². The molecule has 0 aliphatic heterocycles. The van der Waals surface area contributed by atoms with E-state index in [1.54, 1.807) is 36.8 Å². The molecule has 27 heavy (non-hydrogen) atoms. The summed E-state index contributed by atoms with van der Waals surface area (Å²) in [5.74, 6) is 0.0908. The molecular formula is C19H16ClN3O3S. The first-order valence-electron chi connectivity index (χ1n) is 7.99. The lowest BCUT2D eigenvalue weighted by Crippen LogP contribution is -2.23. The molecule has 1 aromatic heterocycles. The fourth-order valence-electron chi connectivity index (χ4n) is 2.26. The summed E-state index contributed by atoms with van der Waals surface area (Å²) in [6, 6.07) is 13.9. The highest BCUT2D eigenvalue weighted by molar-refractivity contribution is 7.14. The van der Waals surface area contributed by atoms with Crippen molar-refractivity contribution in [3.05, 3.63) is 75.8 Å². The van der Waals surface area contributed by atoms with E-state index in [1.165, 1.54) is 11.3 Å². The zero-order chi connectivity index (χ0) is 19.2. The summed E-state index contributed by atoms with van der Waals surface area (Å²) in [6.07, 6.45) is 0. The van der Waals surface area contributed by atoms with Crippen molar-refractivity contribution < 1.29 is 14.3 Å². The van der Waals surface area contributed by atoms with E-state index in [9.17, 15) is 9.59 Å². The molecule has 0 aliphatic rings. The molecule has 0 atom stereocenters. The Bertz CT molecular complexity index is 957.